The molecule has 0 bridgehead atoms. The summed E-state index contributed by atoms with van der Waals surface area (Å²) < 4.78 is 18.2. The Kier molecular flexibility index (Phi) is 5.27. The molecule has 114 valence electrons. The molecule has 1 fully saturated rings. The fourth-order valence-corrected chi connectivity index (χ4v) is 1.96. The maximum atomic E-state index is 12.9. The van der Waals surface area contributed by atoms with Crippen LogP contribution in [0.5, 0.6) is 0 Å². The molecule has 6 heteroatoms. The number of rotatable bonds is 8. The maximum absolute atomic E-state index is 12.9. The van der Waals surface area contributed by atoms with Gasteiger partial charge in [-0.05, 0) is 36.5 Å². The lowest BCUT2D eigenvalue weighted by atomic mass is 10.0. The predicted molar refractivity (Wildman–Crippen MR) is 73.1 cm³/mol. The number of benzene rings is 1. The molecule has 2 N–H and O–H groups in total. The molecule has 0 spiro atoms. The van der Waals surface area contributed by atoms with Crippen molar-refractivity contribution in [3.63, 3.8) is 0 Å². The summed E-state index contributed by atoms with van der Waals surface area (Å²) in [5.41, 5.74) is 0.550. The number of carbonyl (C=O) groups excluding carboxylic acids is 1. The number of aliphatic carboxylic acids is 1. The number of carboxylic acids is 1. The molecule has 5 nitrogen and oxygen atoms in total. The molecular formula is C15H18FNO4. The zero-order valence-electron chi connectivity index (χ0n) is 11.5. The number of nitrogens with one attached hydrogen (secondary N) is 1. The van der Waals surface area contributed by atoms with Gasteiger partial charge in [0.2, 0.25) is 5.91 Å². The second-order valence-electron chi connectivity index (χ2n) is 5.23. The molecule has 1 aromatic rings. The lowest BCUT2D eigenvalue weighted by Gasteiger charge is -2.17. The van der Waals surface area contributed by atoms with Crippen LogP contribution in [0.3, 0.4) is 0 Å². The smallest absolute Gasteiger partial charge is 0.305 e. The first-order valence-corrected chi connectivity index (χ1v) is 6.89. The number of hydrogen-bond donors (Lipinski definition) is 2. The van der Waals surface area contributed by atoms with Crippen molar-refractivity contribution in [3.8, 4) is 0 Å². The summed E-state index contributed by atoms with van der Waals surface area (Å²) in [4.78, 5) is 22.7. The van der Waals surface area contributed by atoms with Crippen LogP contribution < -0.4 is 5.32 Å². The largest absolute Gasteiger partial charge is 0.481 e. The lowest BCUT2D eigenvalue weighted by molar-refractivity contribution is -0.138. The minimum absolute atomic E-state index is 0.0895. The number of amides is 1. The van der Waals surface area contributed by atoms with Crippen LogP contribution in [0.4, 0.5) is 4.39 Å². The van der Waals surface area contributed by atoms with Crippen LogP contribution in [-0.2, 0) is 14.3 Å². The number of halogens is 1. The Morgan fingerprint density at radius 3 is 2.57 bits per heavy atom. The Balaban J connectivity index is 1.89. The van der Waals surface area contributed by atoms with E-state index in [4.69, 9.17) is 9.84 Å². The van der Waals surface area contributed by atoms with Crippen molar-refractivity contribution >= 4 is 11.9 Å². The lowest BCUT2D eigenvalue weighted by Crippen LogP contribution is -2.33. The monoisotopic (exact) mass is 295 g/mol. The second-order valence-corrected chi connectivity index (χ2v) is 5.23. The zero-order valence-corrected chi connectivity index (χ0v) is 11.5. The molecule has 0 radical (unpaired) electrons. The highest BCUT2D eigenvalue weighted by atomic mass is 19.1. The average molecular weight is 295 g/mol. The molecule has 0 aliphatic heterocycles. The number of hydrogen-bond acceptors (Lipinski definition) is 3. The highest BCUT2D eigenvalue weighted by molar-refractivity contribution is 5.78. The normalized spacial score (nSPS) is 15.5. The van der Waals surface area contributed by atoms with Gasteiger partial charge >= 0.3 is 5.97 Å². The summed E-state index contributed by atoms with van der Waals surface area (Å²) in [5, 5.41) is 11.5. The topological polar surface area (TPSA) is 75.6 Å². The van der Waals surface area contributed by atoms with Gasteiger partial charge < -0.3 is 15.2 Å². The van der Waals surface area contributed by atoms with Crippen molar-refractivity contribution in [2.75, 3.05) is 13.2 Å². The van der Waals surface area contributed by atoms with Crippen molar-refractivity contribution in [3.05, 3.63) is 35.6 Å². The Morgan fingerprint density at radius 1 is 1.33 bits per heavy atom. The third kappa shape index (κ3) is 5.51. The molecular weight excluding hydrogens is 277 g/mol. The second kappa shape index (κ2) is 7.17. The first-order valence-electron chi connectivity index (χ1n) is 6.89. The first kappa shape index (κ1) is 15.4. The molecule has 1 saturated carbocycles. The summed E-state index contributed by atoms with van der Waals surface area (Å²) in [6, 6.07) is 4.71. The molecule has 0 aromatic heterocycles. The van der Waals surface area contributed by atoms with E-state index >= 15 is 0 Å². The fraction of sp³-hybridized carbons (Fsp3) is 0.467. The van der Waals surface area contributed by atoms with E-state index in [1.807, 2.05) is 0 Å². The Morgan fingerprint density at radius 2 is 2.00 bits per heavy atom. The van der Waals surface area contributed by atoms with Gasteiger partial charge in [-0.3, -0.25) is 9.59 Å². The van der Waals surface area contributed by atoms with Gasteiger partial charge in [0.05, 0.1) is 19.1 Å². The van der Waals surface area contributed by atoms with E-state index in [-0.39, 0.29) is 18.9 Å². The Labute approximate surface area is 122 Å². The summed E-state index contributed by atoms with van der Waals surface area (Å²) in [7, 11) is 0. The van der Waals surface area contributed by atoms with E-state index in [0.29, 0.717) is 18.1 Å². The number of ether oxygens (including phenoxy) is 1. The summed E-state index contributed by atoms with van der Waals surface area (Å²) >= 11 is 0. The quantitative estimate of drug-likeness (QED) is 0.768. The molecule has 1 amide bonds. The van der Waals surface area contributed by atoms with Gasteiger partial charge in [0.25, 0.3) is 0 Å². The zero-order chi connectivity index (χ0) is 15.2. The van der Waals surface area contributed by atoms with E-state index in [1.54, 1.807) is 0 Å². The van der Waals surface area contributed by atoms with Crippen molar-refractivity contribution in [1.82, 2.24) is 5.32 Å². The fourth-order valence-electron chi connectivity index (χ4n) is 1.96. The molecule has 1 aromatic carbocycles. The van der Waals surface area contributed by atoms with E-state index < -0.39 is 17.8 Å². The summed E-state index contributed by atoms with van der Waals surface area (Å²) in [6.07, 6.45) is 2.01. The van der Waals surface area contributed by atoms with Gasteiger partial charge in [0.15, 0.2) is 0 Å². The third-order valence-corrected chi connectivity index (χ3v) is 3.27. The predicted octanol–water partition coefficient (Wildman–Crippen LogP) is 1.88. The van der Waals surface area contributed by atoms with E-state index in [1.165, 1.54) is 24.3 Å². The SMILES string of the molecule is O=C(O)CC(NC(=O)COCC1CC1)c1ccc(F)cc1. The van der Waals surface area contributed by atoms with Gasteiger partial charge in [0, 0.05) is 0 Å². The van der Waals surface area contributed by atoms with Crippen LogP contribution >= 0.6 is 0 Å². The van der Waals surface area contributed by atoms with Gasteiger partial charge in [-0.25, -0.2) is 4.39 Å². The Bertz CT molecular complexity index is 499. The highest BCUT2D eigenvalue weighted by Crippen LogP contribution is 2.28. The molecule has 21 heavy (non-hydrogen) atoms. The van der Waals surface area contributed by atoms with Gasteiger partial charge in [0.1, 0.15) is 12.4 Å². The molecule has 1 atom stereocenters. The first-order chi connectivity index (χ1) is 10.0. The summed E-state index contributed by atoms with van der Waals surface area (Å²) in [5.74, 6) is -1.26. The van der Waals surface area contributed by atoms with Crippen molar-refractivity contribution in [2.24, 2.45) is 5.92 Å². The number of carbonyl (C=O) groups is 2. The van der Waals surface area contributed by atoms with E-state index in [2.05, 4.69) is 5.32 Å². The molecule has 0 saturated heterocycles. The highest BCUT2D eigenvalue weighted by Gasteiger charge is 2.22. The molecule has 1 unspecified atom stereocenters. The minimum atomic E-state index is -1.04. The third-order valence-electron chi connectivity index (χ3n) is 3.27. The van der Waals surface area contributed by atoms with Crippen molar-refractivity contribution in [2.45, 2.75) is 25.3 Å². The van der Waals surface area contributed by atoms with Crippen LogP contribution in [0, 0.1) is 11.7 Å². The Hall–Kier alpha value is -1.95. The average Bonchev–Trinajstić information content (AvgIpc) is 3.22. The van der Waals surface area contributed by atoms with Gasteiger partial charge in [-0.1, -0.05) is 12.1 Å². The van der Waals surface area contributed by atoms with Gasteiger partial charge in [-0.15, -0.1) is 0 Å². The van der Waals surface area contributed by atoms with Crippen LogP contribution in [0.15, 0.2) is 24.3 Å². The number of carboxylic acid groups (broad SMARTS) is 1. The summed E-state index contributed by atoms with van der Waals surface area (Å²) in [6.45, 7) is 0.474. The van der Waals surface area contributed by atoms with Crippen molar-refractivity contribution < 1.29 is 23.8 Å². The van der Waals surface area contributed by atoms with Crippen LogP contribution in [0.2, 0.25) is 0 Å². The maximum Gasteiger partial charge on any atom is 0.305 e. The van der Waals surface area contributed by atoms with Gasteiger partial charge in [-0.2, -0.15) is 0 Å². The van der Waals surface area contributed by atoms with Crippen LogP contribution in [-0.4, -0.2) is 30.2 Å². The standard InChI is InChI=1S/C15H18FNO4/c16-12-5-3-11(4-6-12)13(7-15(19)20)17-14(18)9-21-8-10-1-2-10/h3-6,10,13H,1-2,7-9H2,(H,17,18)(H,19,20). The van der Waals surface area contributed by atoms with Crippen LogP contribution in [0.25, 0.3) is 0 Å². The molecule has 0 heterocycles. The van der Waals surface area contributed by atoms with E-state index in [0.717, 1.165) is 12.8 Å². The van der Waals surface area contributed by atoms with Crippen molar-refractivity contribution in [1.29, 1.82) is 0 Å². The van der Waals surface area contributed by atoms with Crippen LogP contribution in [0.1, 0.15) is 30.9 Å². The molecule has 2 rings (SSSR count). The molecule has 1 aliphatic carbocycles. The molecule has 1 aliphatic rings. The van der Waals surface area contributed by atoms with E-state index in [9.17, 15) is 14.0 Å². The minimum Gasteiger partial charge on any atom is -0.481 e.